The summed E-state index contributed by atoms with van der Waals surface area (Å²) in [6, 6.07) is 0. The van der Waals surface area contributed by atoms with Gasteiger partial charge in [0.2, 0.25) is 11.8 Å². The predicted octanol–water partition coefficient (Wildman–Crippen LogP) is 1.26. The molecule has 0 aromatic carbocycles. The fourth-order valence-electron chi connectivity index (χ4n) is 3.61. The van der Waals surface area contributed by atoms with E-state index >= 15 is 0 Å². The third-order valence-corrected chi connectivity index (χ3v) is 4.91. The molecule has 1 atom stereocenters. The first kappa shape index (κ1) is 16.3. The Morgan fingerprint density at radius 3 is 2.19 bits per heavy atom. The summed E-state index contributed by atoms with van der Waals surface area (Å²) in [7, 11) is 0. The normalized spacial score (nSPS) is 22.2. The standard InChI is InChI=1S/C16H28N2O3/c1-13(11-14-5-3-2-4-6-14)16(21)18-9-7-17(8-10-18)15(20)12-19/h13-14,19H,2-12H2,1H3. The van der Waals surface area contributed by atoms with Crippen LogP contribution in [0, 0.1) is 11.8 Å². The number of aliphatic hydroxyl groups is 1. The lowest BCUT2D eigenvalue weighted by molar-refractivity contribution is -0.143. The third kappa shape index (κ3) is 4.43. The van der Waals surface area contributed by atoms with E-state index in [1.54, 1.807) is 4.90 Å². The summed E-state index contributed by atoms with van der Waals surface area (Å²) in [5.41, 5.74) is 0. The first-order valence-electron chi connectivity index (χ1n) is 8.29. The number of carbonyl (C=O) groups excluding carboxylic acids is 2. The van der Waals surface area contributed by atoms with Gasteiger partial charge in [-0.25, -0.2) is 0 Å². The molecule has 1 N–H and O–H groups in total. The van der Waals surface area contributed by atoms with Crippen molar-refractivity contribution in [3.63, 3.8) is 0 Å². The maximum absolute atomic E-state index is 12.5. The highest BCUT2D eigenvalue weighted by Crippen LogP contribution is 2.29. The van der Waals surface area contributed by atoms with Crippen molar-refractivity contribution in [2.75, 3.05) is 32.8 Å². The Labute approximate surface area is 127 Å². The van der Waals surface area contributed by atoms with Crippen LogP contribution in [0.25, 0.3) is 0 Å². The van der Waals surface area contributed by atoms with Crippen molar-refractivity contribution in [1.29, 1.82) is 0 Å². The van der Waals surface area contributed by atoms with E-state index in [-0.39, 0.29) is 17.7 Å². The molecule has 2 fully saturated rings. The molecule has 5 nitrogen and oxygen atoms in total. The molecule has 2 rings (SSSR count). The van der Waals surface area contributed by atoms with Gasteiger partial charge < -0.3 is 14.9 Å². The summed E-state index contributed by atoms with van der Waals surface area (Å²) in [5, 5.41) is 8.86. The molecule has 21 heavy (non-hydrogen) atoms. The van der Waals surface area contributed by atoms with Crippen molar-refractivity contribution >= 4 is 11.8 Å². The van der Waals surface area contributed by atoms with Gasteiger partial charge in [0.25, 0.3) is 0 Å². The highest BCUT2D eigenvalue weighted by Gasteiger charge is 2.28. The second-order valence-electron chi connectivity index (χ2n) is 6.50. The van der Waals surface area contributed by atoms with E-state index in [1.807, 2.05) is 11.8 Å². The van der Waals surface area contributed by atoms with Gasteiger partial charge in [0.1, 0.15) is 6.61 Å². The quantitative estimate of drug-likeness (QED) is 0.849. The molecular formula is C16H28N2O3. The van der Waals surface area contributed by atoms with Crippen LogP contribution in [0.4, 0.5) is 0 Å². The third-order valence-electron chi connectivity index (χ3n) is 4.91. The molecule has 1 heterocycles. The van der Waals surface area contributed by atoms with Crippen LogP contribution in [0.3, 0.4) is 0 Å². The van der Waals surface area contributed by atoms with Crippen LogP contribution in [-0.4, -0.2) is 59.5 Å². The molecule has 0 aromatic rings. The lowest BCUT2D eigenvalue weighted by Crippen LogP contribution is -2.52. The average molecular weight is 296 g/mol. The minimum Gasteiger partial charge on any atom is -0.387 e. The van der Waals surface area contributed by atoms with E-state index in [0.29, 0.717) is 26.2 Å². The van der Waals surface area contributed by atoms with Crippen molar-refractivity contribution in [1.82, 2.24) is 9.80 Å². The molecule has 0 aromatic heterocycles. The monoisotopic (exact) mass is 296 g/mol. The average Bonchev–Trinajstić information content (AvgIpc) is 2.54. The maximum Gasteiger partial charge on any atom is 0.248 e. The highest BCUT2D eigenvalue weighted by atomic mass is 16.3. The first-order valence-corrected chi connectivity index (χ1v) is 8.29. The zero-order valence-electron chi connectivity index (χ0n) is 13.1. The molecule has 0 spiro atoms. The van der Waals surface area contributed by atoms with E-state index < -0.39 is 6.61 Å². The Morgan fingerprint density at radius 2 is 1.62 bits per heavy atom. The van der Waals surface area contributed by atoms with Crippen molar-refractivity contribution in [2.45, 2.75) is 45.4 Å². The lowest BCUT2D eigenvalue weighted by Gasteiger charge is -2.36. The van der Waals surface area contributed by atoms with Gasteiger partial charge in [0, 0.05) is 32.1 Å². The molecule has 2 aliphatic rings. The van der Waals surface area contributed by atoms with Gasteiger partial charge in [0.05, 0.1) is 0 Å². The van der Waals surface area contributed by atoms with Crippen LogP contribution in [0.1, 0.15) is 45.4 Å². The lowest BCUT2D eigenvalue weighted by atomic mass is 9.83. The SMILES string of the molecule is CC(CC1CCCCC1)C(=O)N1CCN(C(=O)CO)CC1. The second kappa shape index (κ2) is 7.78. The van der Waals surface area contributed by atoms with Crippen molar-refractivity contribution in [2.24, 2.45) is 11.8 Å². The molecule has 5 heteroatoms. The number of hydrogen-bond acceptors (Lipinski definition) is 3. The summed E-state index contributed by atoms with van der Waals surface area (Å²) in [6.07, 6.45) is 7.53. The molecule has 0 bridgehead atoms. The van der Waals surface area contributed by atoms with Crippen LogP contribution in [0.5, 0.6) is 0 Å². The first-order chi connectivity index (χ1) is 10.1. The van der Waals surface area contributed by atoms with Gasteiger partial charge in [-0.3, -0.25) is 9.59 Å². The van der Waals surface area contributed by atoms with E-state index in [0.717, 1.165) is 12.3 Å². The number of carbonyl (C=O) groups is 2. The van der Waals surface area contributed by atoms with Gasteiger partial charge in [-0.1, -0.05) is 39.0 Å². The molecule has 1 aliphatic heterocycles. The minimum atomic E-state index is -0.438. The van der Waals surface area contributed by atoms with Crippen LogP contribution < -0.4 is 0 Å². The zero-order chi connectivity index (χ0) is 15.2. The van der Waals surface area contributed by atoms with E-state index in [9.17, 15) is 9.59 Å². The number of piperazine rings is 1. The largest absolute Gasteiger partial charge is 0.387 e. The summed E-state index contributed by atoms with van der Waals surface area (Å²) in [5.74, 6) is 0.803. The number of rotatable bonds is 4. The highest BCUT2D eigenvalue weighted by molar-refractivity contribution is 5.80. The maximum atomic E-state index is 12.5. The van der Waals surface area contributed by atoms with Crippen molar-refractivity contribution in [3.05, 3.63) is 0 Å². The number of aliphatic hydroxyl groups excluding tert-OH is 1. The molecular weight excluding hydrogens is 268 g/mol. The smallest absolute Gasteiger partial charge is 0.248 e. The molecule has 1 saturated carbocycles. The van der Waals surface area contributed by atoms with Gasteiger partial charge in [0.15, 0.2) is 0 Å². The Kier molecular flexibility index (Phi) is 6.03. The number of amides is 2. The van der Waals surface area contributed by atoms with Gasteiger partial charge in [-0.2, -0.15) is 0 Å². The van der Waals surface area contributed by atoms with Crippen LogP contribution in [0.15, 0.2) is 0 Å². The Balaban J connectivity index is 1.76. The topological polar surface area (TPSA) is 60.9 Å². The predicted molar refractivity (Wildman–Crippen MR) is 80.6 cm³/mol. The summed E-state index contributed by atoms with van der Waals surface area (Å²) in [4.78, 5) is 27.4. The molecule has 1 unspecified atom stereocenters. The molecule has 2 amide bonds. The van der Waals surface area contributed by atoms with Gasteiger partial charge in [-0.05, 0) is 12.3 Å². The molecule has 1 aliphatic carbocycles. The van der Waals surface area contributed by atoms with Crippen LogP contribution in [-0.2, 0) is 9.59 Å². The summed E-state index contributed by atoms with van der Waals surface area (Å²) >= 11 is 0. The van der Waals surface area contributed by atoms with Crippen molar-refractivity contribution < 1.29 is 14.7 Å². The van der Waals surface area contributed by atoms with Gasteiger partial charge >= 0.3 is 0 Å². The van der Waals surface area contributed by atoms with Crippen LogP contribution >= 0.6 is 0 Å². The fourth-order valence-corrected chi connectivity index (χ4v) is 3.61. The molecule has 0 radical (unpaired) electrons. The summed E-state index contributed by atoms with van der Waals surface area (Å²) < 4.78 is 0. The van der Waals surface area contributed by atoms with E-state index in [2.05, 4.69) is 0 Å². The van der Waals surface area contributed by atoms with E-state index in [1.165, 1.54) is 32.1 Å². The minimum absolute atomic E-state index is 0.0909. The Bertz CT molecular complexity index is 359. The fraction of sp³-hybridized carbons (Fsp3) is 0.875. The van der Waals surface area contributed by atoms with Gasteiger partial charge in [-0.15, -0.1) is 0 Å². The summed E-state index contributed by atoms with van der Waals surface area (Å²) in [6.45, 7) is 3.88. The number of nitrogens with zero attached hydrogens (tertiary/aromatic N) is 2. The molecule has 120 valence electrons. The Morgan fingerprint density at radius 1 is 1.05 bits per heavy atom. The van der Waals surface area contributed by atoms with Crippen LogP contribution in [0.2, 0.25) is 0 Å². The van der Waals surface area contributed by atoms with Crippen molar-refractivity contribution in [3.8, 4) is 0 Å². The second-order valence-corrected chi connectivity index (χ2v) is 6.50. The zero-order valence-corrected chi connectivity index (χ0v) is 13.1. The number of hydrogen-bond donors (Lipinski definition) is 1. The molecule has 1 saturated heterocycles. The van der Waals surface area contributed by atoms with E-state index in [4.69, 9.17) is 5.11 Å². The Hall–Kier alpha value is -1.10.